The maximum absolute atomic E-state index is 12.3. The van der Waals surface area contributed by atoms with E-state index in [9.17, 15) is 14.7 Å². The van der Waals surface area contributed by atoms with Gasteiger partial charge in [0.05, 0.1) is 7.11 Å². The van der Waals surface area contributed by atoms with E-state index in [-0.39, 0.29) is 23.8 Å². The minimum absolute atomic E-state index is 0.0970. The van der Waals surface area contributed by atoms with Crippen LogP contribution < -0.4 is 10.1 Å². The van der Waals surface area contributed by atoms with Crippen LogP contribution in [0.1, 0.15) is 65.7 Å². The van der Waals surface area contributed by atoms with E-state index in [0.29, 0.717) is 47.2 Å². The van der Waals surface area contributed by atoms with Crippen molar-refractivity contribution < 1.29 is 24.2 Å². The van der Waals surface area contributed by atoms with E-state index in [1.54, 1.807) is 0 Å². The molecule has 3 rings (SSSR count). The number of aromatic hydroxyl groups is 1. The van der Waals surface area contributed by atoms with E-state index in [0.717, 1.165) is 22.6 Å². The molecule has 9 heteroatoms. The second kappa shape index (κ2) is 10.1. The lowest BCUT2D eigenvalue weighted by Crippen LogP contribution is -2.11. The van der Waals surface area contributed by atoms with Crippen molar-refractivity contribution >= 4 is 28.3 Å². The summed E-state index contributed by atoms with van der Waals surface area (Å²) in [4.78, 5) is 24.3. The third kappa shape index (κ3) is 5.27. The molecule has 2 heterocycles. The fourth-order valence-corrected chi connectivity index (χ4v) is 4.60. The van der Waals surface area contributed by atoms with Crippen LogP contribution in [-0.4, -0.2) is 34.3 Å². The molecule has 1 aliphatic heterocycles. The van der Waals surface area contributed by atoms with Crippen LogP contribution in [0.5, 0.6) is 11.5 Å². The van der Waals surface area contributed by atoms with E-state index in [2.05, 4.69) is 29.4 Å². The number of anilines is 1. The highest BCUT2D eigenvalue weighted by atomic mass is 32.1. The van der Waals surface area contributed by atoms with Gasteiger partial charge in [0.15, 0.2) is 0 Å². The summed E-state index contributed by atoms with van der Waals surface area (Å²) in [6.45, 7) is 8.14. The van der Waals surface area contributed by atoms with Crippen molar-refractivity contribution in [2.45, 2.75) is 60.0 Å². The third-order valence-corrected chi connectivity index (χ3v) is 6.21. The summed E-state index contributed by atoms with van der Waals surface area (Å²) in [5.74, 6) is 0.295. The van der Waals surface area contributed by atoms with E-state index in [4.69, 9.17) is 9.47 Å². The van der Waals surface area contributed by atoms with Gasteiger partial charge in [0, 0.05) is 24.0 Å². The number of ether oxygens (including phenoxy) is 2. The average molecular weight is 460 g/mol. The van der Waals surface area contributed by atoms with Crippen LogP contribution in [0.4, 0.5) is 5.13 Å². The fraction of sp³-hybridized carbons (Fsp3) is 0.478. The molecule has 32 heavy (non-hydrogen) atoms. The Hall–Kier alpha value is -2.94. The molecule has 0 bridgehead atoms. The van der Waals surface area contributed by atoms with Gasteiger partial charge in [-0.1, -0.05) is 36.8 Å². The average Bonchev–Trinajstić information content (AvgIpc) is 3.33. The molecule has 1 aromatic heterocycles. The van der Waals surface area contributed by atoms with Gasteiger partial charge < -0.3 is 19.9 Å². The number of nitrogens with zero attached hydrogens (tertiary/aromatic N) is 2. The quantitative estimate of drug-likeness (QED) is 0.424. The Morgan fingerprint density at radius 1 is 1.34 bits per heavy atom. The Bertz CT molecular complexity index is 1060. The van der Waals surface area contributed by atoms with Crippen LogP contribution in [0.15, 0.2) is 11.6 Å². The van der Waals surface area contributed by atoms with Crippen molar-refractivity contribution in [3.05, 3.63) is 38.9 Å². The van der Waals surface area contributed by atoms with Crippen molar-refractivity contribution in [2.24, 2.45) is 5.92 Å². The number of benzene rings is 1. The first-order valence-corrected chi connectivity index (χ1v) is 11.4. The summed E-state index contributed by atoms with van der Waals surface area (Å²) < 4.78 is 10.6. The van der Waals surface area contributed by atoms with Gasteiger partial charge in [-0.15, -0.1) is 10.2 Å². The number of amides is 1. The number of cyclic esters (lactones) is 1. The summed E-state index contributed by atoms with van der Waals surface area (Å²) in [5.41, 5.74) is 3.20. The summed E-state index contributed by atoms with van der Waals surface area (Å²) >= 11 is 1.40. The number of carbonyl (C=O) groups is 2. The number of fused-ring (bicyclic) bond motifs is 1. The number of phenolic OH excluding ortho intramolecular Hbond substituents is 1. The zero-order valence-corrected chi connectivity index (χ0v) is 19.9. The Balaban J connectivity index is 1.62. The van der Waals surface area contributed by atoms with E-state index in [1.165, 1.54) is 18.4 Å². The maximum atomic E-state index is 12.3. The first-order valence-electron chi connectivity index (χ1n) is 10.6. The Labute approximate surface area is 191 Å². The highest BCUT2D eigenvalue weighted by Crippen LogP contribution is 2.42. The molecule has 1 amide bonds. The predicted octanol–water partition coefficient (Wildman–Crippen LogP) is 4.34. The minimum Gasteiger partial charge on any atom is -0.507 e. The smallest absolute Gasteiger partial charge is 0.342 e. The highest BCUT2D eigenvalue weighted by molar-refractivity contribution is 7.15. The molecule has 172 valence electrons. The lowest BCUT2D eigenvalue weighted by Gasteiger charge is -2.15. The Kier molecular flexibility index (Phi) is 7.50. The molecule has 0 saturated carbocycles. The zero-order chi connectivity index (χ0) is 23.4. The summed E-state index contributed by atoms with van der Waals surface area (Å²) in [7, 11) is 1.54. The monoisotopic (exact) mass is 459 g/mol. The molecule has 0 radical (unpaired) electrons. The second-order valence-electron chi connectivity index (χ2n) is 8.32. The first kappa shape index (κ1) is 23.7. The highest BCUT2D eigenvalue weighted by Gasteiger charge is 2.31. The summed E-state index contributed by atoms with van der Waals surface area (Å²) in [6.07, 6.45) is 4.01. The van der Waals surface area contributed by atoms with Crippen molar-refractivity contribution in [3.63, 3.8) is 0 Å². The molecule has 8 nitrogen and oxygen atoms in total. The topological polar surface area (TPSA) is 111 Å². The fourth-order valence-electron chi connectivity index (χ4n) is 3.63. The first-order chi connectivity index (χ1) is 15.2. The molecule has 0 spiro atoms. The lowest BCUT2D eigenvalue weighted by molar-refractivity contribution is -0.116. The maximum Gasteiger partial charge on any atom is 0.342 e. The van der Waals surface area contributed by atoms with E-state index >= 15 is 0 Å². The van der Waals surface area contributed by atoms with Gasteiger partial charge in [-0.25, -0.2) is 4.79 Å². The van der Waals surface area contributed by atoms with Gasteiger partial charge in [0.1, 0.15) is 28.7 Å². The largest absolute Gasteiger partial charge is 0.507 e. The number of esters is 1. The van der Waals surface area contributed by atoms with E-state index in [1.807, 2.05) is 19.9 Å². The van der Waals surface area contributed by atoms with Crippen LogP contribution in [0, 0.1) is 12.8 Å². The lowest BCUT2D eigenvalue weighted by atomic mass is 9.94. The number of nitrogens with one attached hydrogen (secondary N) is 1. The Morgan fingerprint density at radius 2 is 2.09 bits per heavy atom. The molecule has 0 aliphatic carbocycles. The minimum atomic E-state index is -0.518. The van der Waals surface area contributed by atoms with Crippen LogP contribution in [0.2, 0.25) is 0 Å². The van der Waals surface area contributed by atoms with Gasteiger partial charge >= 0.3 is 5.97 Å². The number of allylic oxidation sites excluding steroid dienone is 2. The van der Waals surface area contributed by atoms with Gasteiger partial charge in [-0.05, 0) is 38.2 Å². The second-order valence-corrected chi connectivity index (χ2v) is 9.38. The third-order valence-electron chi connectivity index (χ3n) is 5.34. The molecule has 0 saturated heterocycles. The van der Waals surface area contributed by atoms with Gasteiger partial charge in [-0.2, -0.15) is 0 Å². The molecule has 1 aliphatic rings. The van der Waals surface area contributed by atoms with Crippen molar-refractivity contribution in [2.75, 3.05) is 12.4 Å². The van der Waals surface area contributed by atoms with Gasteiger partial charge in [-0.3, -0.25) is 4.79 Å². The SMILES string of the molecule is COc1c(C)c2c(c(O)c1CC=C(C)CCC(=O)Nc1nnc(CC(C)C)s1)C(=O)OC2. The van der Waals surface area contributed by atoms with Gasteiger partial charge in [0.2, 0.25) is 11.0 Å². The Morgan fingerprint density at radius 3 is 2.78 bits per heavy atom. The van der Waals surface area contributed by atoms with Crippen molar-refractivity contribution in [1.29, 1.82) is 0 Å². The molecule has 2 N–H and O–H groups in total. The molecule has 0 fully saturated rings. The molecule has 2 aromatic rings. The molecule has 1 aromatic carbocycles. The van der Waals surface area contributed by atoms with Crippen molar-refractivity contribution in [1.82, 2.24) is 10.2 Å². The number of hydrogen-bond donors (Lipinski definition) is 2. The van der Waals surface area contributed by atoms with E-state index < -0.39 is 5.97 Å². The molecule has 0 atom stereocenters. The molecular formula is C23H29N3O5S. The number of phenols is 1. The number of rotatable bonds is 9. The summed E-state index contributed by atoms with van der Waals surface area (Å²) in [5, 5.41) is 23.0. The van der Waals surface area contributed by atoms with Crippen LogP contribution in [-0.2, 0) is 29.0 Å². The number of aromatic nitrogens is 2. The van der Waals surface area contributed by atoms with Gasteiger partial charge in [0.25, 0.3) is 0 Å². The standard InChI is InChI=1S/C23H29N3O5S/c1-12(2)10-18-25-26-23(32-18)24-17(27)9-7-13(3)6-8-15-20(28)19-16(11-31-22(19)29)14(4)21(15)30-5/h6,12,28H,7-11H2,1-5H3,(H,24,26,27). The van der Waals surface area contributed by atoms with Crippen LogP contribution in [0.3, 0.4) is 0 Å². The molecular weight excluding hydrogens is 430 g/mol. The molecule has 0 unspecified atom stereocenters. The van der Waals surface area contributed by atoms with Crippen LogP contribution in [0.25, 0.3) is 0 Å². The number of methoxy groups -OCH3 is 1. The summed E-state index contributed by atoms with van der Waals surface area (Å²) in [6, 6.07) is 0. The normalized spacial score (nSPS) is 13.3. The predicted molar refractivity (Wildman–Crippen MR) is 122 cm³/mol. The zero-order valence-electron chi connectivity index (χ0n) is 19.1. The number of carbonyl (C=O) groups excluding carboxylic acids is 2. The number of hydrogen-bond acceptors (Lipinski definition) is 8. The van der Waals surface area contributed by atoms with Crippen molar-refractivity contribution in [3.8, 4) is 11.5 Å². The van der Waals surface area contributed by atoms with Crippen LogP contribution >= 0.6 is 11.3 Å².